The zero-order chi connectivity index (χ0) is 9.97. The zero-order valence-corrected chi connectivity index (χ0v) is 8.32. The van der Waals surface area contributed by atoms with E-state index in [1.807, 2.05) is 50.6 Å². The Labute approximate surface area is 83.5 Å². The van der Waals surface area contributed by atoms with E-state index in [0.29, 0.717) is 0 Å². The van der Waals surface area contributed by atoms with Gasteiger partial charge in [0.15, 0.2) is 0 Å². The Kier molecular flexibility index (Phi) is 2.35. The highest BCUT2D eigenvalue weighted by Crippen LogP contribution is 2.16. The molecule has 1 aromatic heterocycles. The van der Waals surface area contributed by atoms with Gasteiger partial charge in [-0.15, -0.1) is 0 Å². The van der Waals surface area contributed by atoms with Crippen LogP contribution in [0, 0.1) is 20.3 Å². The highest BCUT2D eigenvalue weighted by molar-refractivity contribution is 5.37. The maximum Gasteiger partial charge on any atom is 0.136 e. The molecule has 0 atom stereocenters. The van der Waals surface area contributed by atoms with Crippen LogP contribution < -0.4 is 0 Å². The second-order valence-electron chi connectivity index (χ2n) is 3.30. The molecule has 1 radical (unpaired) electrons. The first-order chi connectivity index (χ1) is 6.77. The Bertz CT molecular complexity index is 417. The molecular weight excluding hydrogens is 174 g/mol. The first-order valence-corrected chi connectivity index (χ1v) is 4.60. The minimum Gasteiger partial charge on any atom is -0.361 e. The summed E-state index contributed by atoms with van der Waals surface area (Å²) in [5, 5.41) is 3.98. The molecule has 2 nitrogen and oxygen atoms in total. The second-order valence-corrected chi connectivity index (χ2v) is 3.30. The van der Waals surface area contributed by atoms with Gasteiger partial charge in [-0.3, -0.25) is 0 Å². The van der Waals surface area contributed by atoms with Crippen molar-refractivity contribution in [3.8, 4) is 0 Å². The lowest BCUT2D eigenvalue weighted by Crippen LogP contribution is -1.87. The summed E-state index contributed by atoms with van der Waals surface area (Å²) < 4.78 is 5.09. The van der Waals surface area contributed by atoms with Gasteiger partial charge in [0.05, 0.1) is 5.69 Å². The molecule has 0 aliphatic heterocycles. The third kappa shape index (κ3) is 1.69. The van der Waals surface area contributed by atoms with E-state index in [-0.39, 0.29) is 0 Å². The predicted molar refractivity (Wildman–Crippen MR) is 54.9 cm³/mol. The summed E-state index contributed by atoms with van der Waals surface area (Å²) in [7, 11) is 0. The van der Waals surface area contributed by atoms with Crippen LogP contribution in [-0.4, -0.2) is 5.16 Å². The van der Waals surface area contributed by atoms with E-state index < -0.39 is 0 Å². The van der Waals surface area contributed by atoms with Crippen LogP contribution in [0.4, 0.5) is 0 Å². The van der Waals surface area contributed by atoms with Crippen molar-refractivity contribution in [2.24, 2.45) is 0 Å². The van der Waals surface area contributed by atoms with Gasteiger partial charge in [0, 0.05) is 12.0 Å². The Balaban J connectivity index is 2.23. The summed E-state index contributed by atoms with van der Waals surface area (Å²) in [5.74, 6) is 0.882. The van der Waals surface area contributed by atoms with Crippen molar-refractivity contribution in [1.29, 1.82) is 0 Å². The molecule has 71 valence electrons. The van der Waals surface area contributed by atoms with Crippen molar-refractivity contribution < 1.29 is 4.52 Å². The van der Waals surface area contributed by atoms with E-state index in [2.05, 4.69) is 5.16 Å². The molecule has 0 amide bonds. The molecule has 0 saturated heterocycles. The van der Waals surface area contributed by atoms with Crippen LogP contribution in [0.15, 0.2) is 34.9 Å². The van der Waals surface area contributed by atoms with Gasteiger partial charge in [-0.05, 0) is 19.4 Å². The fraction of sp³-hybridized carbons (Fsp3) is 0.167. The summed E-state index contributed by atoms with van der Waals surface area (Å²) >= 11 is 0. The first kappa shape index (κ1) is 9.00. The van der Waals surface area contributed by atoms with Crippen molar-refractivity contribution in [2.75, 3.05) is 0 Å². The van der Waals surface area contributed by atoms with Gasteiger partial charge in [0.2, 0.25) is 0 Å². The van der Waals surface area contributed by atoms with Crippen LogP contribution in [0.5, 0.6) is 0 Å². The molecule has 0 aliphatic carbocycles. The van der Waals surface area contributed by atoms with E-state index >= 15 is 0 Å². The van der Waals surface area contributed by atoms with Crippen molar-refractivity contribution >= 4 is 0 Å². The molecule has 2 aromatic rings. The highest BCUT2D eigenvalue weighted by atomic mass is 16.5. The lowest BCUT2D eigenvalue weighted by molar-refractivity contribution is 0.393. The molecule has 0 spiro atoms. The largest absolute Gasteiger partial charge is 0.361 e. The summed E-state index contributed by atoms with van der Waals surface area (Å²) in [6.45, 7) is 3.94. The lowest BCUT2D eigenvalue weighted by Gasteiger charge is -1.96. The molecule has 0 N–H and O–H groups in total. The molecule has 2 rings (SSSR count). The van der Waals surface area contributed by atoms with Gasteiger partial charge in [0.1, 0.15) is 5.76 Å². The predicted octanol–water partition coefficient (Wildman–Crippen LogP) is 2.89. The van der Waals surface area contributed by atoms with Crippen LogP contribution >= 0.6 is 0 Å². The van der Waals surface area contributed by atoms with E-state index in [9.17, 15) is 0 Å². The summed E-state index contributed by atoms with van der Waals surface area (Å²) in [6.07, 6.45) is 2.02. The third-order valence-corrected chi connectivity index (χ3v) is 2.30. The maximum absolute atomic E-state index is 5.09. The van der Waals surface area contributed by atoms with E-state index in [4.69, 9.17) is 4.52 Å². The van der Waals surface area contributed by atoms with Gasteiger partial charge in [-0.1, -0.05) is 35.5 Å². The van der Waals surface area contributed by atoms with Crippen LogP contribution in [0.3, 0.4) is 0 Å². The second kappa shape index (κ2) is 3.66. The van der Waals surface area contributed by atoms with Crippen molar-refractivity contribution in [2.45, 2.75) is 13.8 Å². The van der Waals surface area contributed by atoms with Crippen molar-refractivity contribution in [3.63, 3.8) is 0 Å². The molecular formula is C12H12NO. The molecule has 14 heavy (non-hydrogen) atoms. The van der Waals surface area contributed by atoms with Crippen molar-refractivity contribution in [1.82, 2.24) is 5.16 Å². The Hall–Kier alpha value is -1.57. The van der Waals surface area contributed by atoms with E-state index in [1.54, 1.807) is 0 Å². The number of rotatable bonds is 2. The quantitative estimate of drug-likeness (QED) is 0.720. The normalized spacial score (nSPS) is 10.4. The van der Waals surface area contributed by atoms with Gasteiger partial charge < -0.3 is 4.52 Å². The average molecular weight is 186 g/mol. The van der Waals surface area contributed by atoms with Gasteiger partial charge >= 0.3 is 0 Å². The smallest absolute Gasteiger partial charge is 0.136 e. The molecule has 2 heteroatoms. The van der Waals surface area contributed by atoms with Gasteiger partial charge in [0.25, 0.3) is 0 Å². The third-order valence-electron chi connectivity index (χ3n) is 2.30. The first-order valence-electron chi connectivity index (χ1n) is 4.60. The Morgan fingerprint density at radius 1 is 1.14 bits per heavy atom. The number of benzene rings is 1. The summed E-state index contributed by atoms with van der Waals surface area (Å²) in [6, 6.07) is 10.1. The standard InChI is InChI=1S/C12H12NO/c1-9-10(2)14-13-12(9)8-11-6-4-3-5-7-11/h3-8H,1-2H3. The molecule has 0 saturated carbocycles. The molecule has 0 bridgehead atoms. The van der Waals surface area contributed by atoms with Gasteiger partial charge in [-0.2, -0.15) is 0 Å². The van der Waals surface area contributed by atoms with Crippen LogP contribution in [0.25, 0.3) is 0 Å². The molecule has 0 fully saturated rings. The highest BCUT2D eigenvalue weighted by Gasteiger charge is 2.08. The number of aryl methyl sites for hydroxylation is 1. The maximum atomic E-state index is 5.09. The lowest BCUT2D eigenvalue weighted by atomic mass is 10.1. The van der Waals surface area contributed by atoms with E-state index in [0.717, 1.165) is 22.6 Å². The summed E-state index contributed by atoms with van der Waals surface area (Å²) in [5.41, 5.74) is 3.16. The minimum atomic E-state index is 0.882. The molecule has 0 unspecified atom stereocenters. The van der Waals surface area contributed by atoms with Crippen LogP contribution in [-0.2, 0) is 0 Å². The fourth-order valence-corrected chi connectivity index (χ4v) is 1.28. The molecule has 1 aromatic carbocycles. The van der Waals surface area contributed by atoms with Crippen LogP contribution in [0.2, 0.25) is 0 Å². The topological polar surface area (TPSA) is 26.0 Å². The van der Waals surface area contributed by atoms with Crippen molar-refractivity contribution in [3.05, 3.63) is 59.3 Å². The van der Waals surface area contributed by atoms with E-state index in [1.165, 1.54) is 0 Å². The number of aromatic nitrogens is 1. The molecule has 1 heterocycles. The fourth-order valence-electron chi connectivity index (χ4n) is 1.28. The van der Waals surface area contributed by atoms with Crippen LogP contribution in [0.1, 0.15) is 22.6 Å². The average Bonchev–Trinajstić information content (AvgIpc) is 2.52. The molecule has 0 aliphatic rings. The SMILES string of the molecule is Cc1onc([CH]c2ccccc2)c1C. The monoisotopic (exact) mass is 186 g/mol. The number of nitrogens with zero attached hydrogens (tertiary/aromatic N) is 1. The zero-order valence-electron chi connectivity index (χ0n) is 8.32. The number of hydrogen-bond donors (Lipinski definition) is 0. The minimum absolute atomic E-state index is 0.882. The Morgan fingerprint density at radius 3 is 2.43 bits per heavy atom. The summed E-state index contributed by atoms with van der Waals surface area (Å²) in [4.78, 5) is 0. The Morgan fingerprint density at radius 2 is 1.86 bits per heavy atom. The number of hydrogen-bond acceptors (Lipinski definition) is 2. The van der Waals surface area contributed by atoms with Gasteiger partial charge in [-0.25, -0.2) is 0 Å².